The summed E-state index contributed by atoms with van der Waals surface area (Å²) in [7, 11) is 1.28. The molecule has 0 unspecified atom stereocenters. The lowest BCUT2D eigenvalue weighted by Gasteiger charge is -2.40. The average Bonchev–Trinajstić information content (AvgIpc) is 2.82. The molecule has 2 rings (SSSR count). The number of benzene rings is 1. The van der Waals surface area contributed by atoms with Crippen LogP contribution in [0.5, 0.6) is 0 Å². The minimum atomic E-state index is -1.89. The Morgan fingerprint density at radius 3 is 2.50 bits per heavy atom. The Hall–Kier alpha value is -1.17. The summed E-state index contributed by atoms with van der Waals surface area (Å²) in [6.45, 7) is 11.3. The van der Waals surface area contributed by atoms with Crippen molar-refractivity contribution < 1.29 is 14.1 Å². The number of hydroxylamine groups is 2. The molecule has 1 aliphatic rings. The molecule has 0 aliphatic heterocycles. The lowest BCUT2D eigenvalue weighted by molar-refractivity contribution is -0.169. The summed E-state index contributed by atoms with van der Waals surface area (Å²) < 4.78 is 6.70. The van der Waals surface area contributed by atoms with Gasteiger partial charge in [0.15, 0.2) is 8.32 Å². The third kappa shape index (κ3) is 3.90. The van der Waals surface area contributed by atoms with Crippen LogP contribution in [-0.2, 0) is 20.5 Å². The molecule has 134 valence electrons. The number of amides is 1. The maximum Gasteiger partial charge on any atom is 0.246 e. The number of hydrogen-bond donors (Lipinski definition) is 0. The quantitative estimate of drug-likeness (QED) is 0.593. The second-order valence-corrected chi connectivity index (χ2v) is 13.0. The summed E-state index contributed by atoms with van der Waals surface area (Å²) in [5.74, 6) is 0.0865. The van der Waals surface area contributed by atoms with E-state index in [-0.39, 0.29) is 23.0 Å². The molecule has 24 heavy (non-hydrogen) atoms. The zero-order valence-electron chi connectivity index (χ0n) is 16.1. The molecular weight excluding hydrogens is 318 g/mol. The van der Waals surface area contributed by atoms with Gasteiger partial charge < -0.3 is 4.43 Å². The molecule has 0 saturated carbocycles. The standard InChI is InChI=1S/C19H31NO3Si/c1-19(2,3)24(6,7)23-17-12-14-10-8-9-11-15(14)16(17)13-18(21)20(4)22-5/h8-11,16-17H,12-13H2,1-7H3/t16-,17+/m0/s1. The van der Waals surface area contributed by atoms with Crippen LogP contribution in [0.1, 0.15) is 44.2 Å². The van der Waals surface area contributed by atoms with Crippen LogP contribution >= 0.6 is 0 Å². The molecule has 1 aromatic carbocycles. The zero-order valence-corrected chi connectivity index (χ0v) is 17.1. The van der Waals surface area contributed by atoms with Crippen LogP contribution in [0.25, 0.3) is 0 Å². The number of carbonyl (C=O) groups is 1. The fraction of sp³-hybridized carbons (Fsp3) is 0.632. The summed E-state index contributed by atoms with van der Waals surface area (Å²) in [4.78, 5) is 17.5. The molecule has 5 heteroatoms. The third-order valence-corrected chi connectivity index (χ3v) is 10.1. The van der Waals surface area contributed by atoms with Gasteiger partial charge in [-0.3, -0.25) is 9.63 Å². The van der Waals surface area contributed by atoms with E-state index in [0.717, 1.165) is 6.42 Å². The fourth-order valence-corrected chi connectivity index (χ4v) is 4.34. The molecule has 0 bridgehead atoms. The van der Waals surface area contributed by atoms with Gasteiger partial charge in [-0.05, 0) is 35.7 Å². The normalized spacial score (nSPS) is 20.8. The number of fused-ring (bicyclic) bond motifs is 1. The van der Waals surface area contributed by atoms with E-state index >= 15 is 0 Å². The van der Waals surface area contributed by atoms with E-state index in [1.807, 2.05) is 6.07 Å². The predicted octanol–water partition coefficient (Wildman–Crippen LogP) is 4.13. The Morgan fingerprint density at radius 2 is 1.92 bits per heavy atom. The maximum absolute atomic E-state index is 12.4. The topological polar surface area (TPSA) is 38.8 Å². The molecule has 0 N–H and O–H groups in total. The van der Waals surface area contributed by atoms with Crippen LogP contribution in [0.15, 0.2) is 24.3 Å². The van der Waals surface area contributed by atoms with Crippen LogP contribution in [-0.4, -0.2) is 39.5 Å². The van der Waals surface area contributed by atoms with Gasteiger partial charge in [-0.1, -0.05) is 45.0 Å². The molecule has 0 radical (unpaired) electrons. The van der Waals surface area contributed by atoms with Gasteiger partial charge in [0.05, 0.1) is 13.2 Å². The predicted molar refractivity (Wildman–Crippen MR) is 99.4 cm³/mol. The molecule has 1 amide bonds. The Bertz CT molecular complexity index is 595. The first-order valence-corrected chi connectivity index (χ1v) is 11.5. The van der Waals surface area contributed by atoms with Crippen LogP contribution in [0.4, 0.5) is 0 Å². The van der Waals surface area contributed by atoms with Gasteiger partial charge in [0.1, 0.15) is 0 Å². The van der Waals surface area contributed by atoms with E-state index < -0.39 is 8.32 Å². The molecule has 1 aromatic rings. The van der Waals surface area contributed by atoms with E-state index in [0.29, 0.717) is 6.42 Å². The minimum Gasteiger partial charge on any atom is -0.413 e. The molecule has 0 spiro atoms. The molecule has 0 heterocycles. The average molecular weight is 350 g/mol. The highest BCUT2D eigenvalue weighted by molar-refractivity contribution is 6.74. The second-order valence-electron chi connectivity index (χ2n) is 8.20. The summed E-state index contributed by atoms with van der Waals surface area (Å²) in [5, 5.41) is 1.46. The first-order chi connectivity index (χ1) is 11.1. The van der Waals surface area contributed by atoms with Crippen molar-refractivity contribution in [3.05, 3.63) is 35.4 Å². The van der Waals surface area contributed by atoms with Crippen molar-refractivity contribution in [2.75, 3.05) is 14.2 Å². The molecule has 0 aromatic heterocycles. The summed E-state index contributed by atoms with van der Waals surface area (Å²) >= 11 is 0. The molecule has 0 fully saturated rings. The van der Waals surface area contributed by atoms with E-state index in [2.05, 4.69) is 52.1 Å². The van der Waals surface area contributed by atoms with E-state index in [4.69, 9.17) is 9.26 Å². The minimum absolute atomic E-state index is 0.0111. The monoisotopic (exact) mass is 349 g/mol. The Morgan fingerprint density at radius 1 is 1.29 bits per heavy atom. The molecule has 0 saturated heterocycles. The van der Waals surface area contributed by atoms with Crippen molar-refractivity contribution in [2.24, 2.45) is 0 Å². The smallest absolute Gasteiger partial charge is 0.246 e. The SMILES string of the molecule is CON(C)C(=O)C[C@H]1c2ccccc2C[C@H]1O[Si](C)(C)C(C)(C)C. The summed E-state index contributed by atoms with van der Waals surface area (Å²) in [6.07, 6.45) is 1.37. The van der Waals surface area contributed by atoms with Gasteiger partial charge in [0.25, 0.3) is 0 Å². The summed E-state index contributed by atoms with van der Waals surface area (Å²) in [5.41, 5.74) is 2.55. The molecule has 4 nitrogen and oxygen atoms in total. The van der Waals surface area contributed by atoms with Crippen molar-refractivity contribution in [1.82, 2.24) is 5.06 Å². The number of nitrogens with zero attached hydrogens (tertiary/aromatic N) is 1. The van der Waals surface area contributed by atoms with Gasteiger partial charge in [0.2, 0.25) is 5.91 Å². The van der Waals surface area contributed by atoms with Crippen molar-refractivity contribution in [3.63, 3.8) is 0 Å². The van der Waals surface area contributed by atoms with E-state index in [1.165, 1.54) is 23.3 Å². The number of rotatable bonds is 5. The largest absolute Gasteiger partial charge is 0.413 e. The number of carbonyl (C=O) groups excluding carboxylic acids is 1. The zero-order chi connectivity index (χ0) is 18.1. The lowest BCUT2D eigenvalue weighted by atomic mass is 9.96. The summed E-state index contributed by atoms with van der Waals surface area (Å²) in [6, 6.07) is 8.40. The Balaban J connectivity index is 2.26. The number of hydrogen-bond acceptors (Lipinski definition) is 3. The Kier molecular flexibility index (Phi) is 5.57. The first-order valence-electron chi connectivity index (χ1n) is 8.63. The van der Waals surface area contributed by atoms with Gasteiger partial charge in [-0.25, -0.2) is 5.06 Å². The van der Waals surface area contributed by atoms with Crippen LogP contribution in [0, 0.1) is 0 Å². The van der Waals surface area contributed by atoms with Crippen molar-refractivity contribution in [1.29, 1.82) is 0 Å². The van der Waals surface area contributed by atoms with Gasteiger partial charge in [-0.15, -0.1) is 0 Å². The van der Waals surface area contributed by atoms with Crippen molar-refractivity contribution in [3.8, 4) is 0 Å². The highest BCUT2D eigenvalue weighted by atomic mass is 28.4. The van der Waals surface area contributed by atoms with Crippen LogP contribution in [0.3, 0.4) is 0 Å². The fourth-order valence-electron chi connectivity index (χ4n) is 2.98. The van der Waals surface area contributed by atoms with E-state index in [1.54, 1.807) is 7.05 Å². The molecular formula is C19H31NO3Si. The van der Waals surface area contributed by atoms with Gasteiger partial charge >= 0.3 is 0 Å². The highest BCUT2D eigenvalue weighted by Crippen LogP contribution is 2.43. The Labute approximate surface area is 147 Å². The van der Waals surface area contributed by atoms with Crippen molar-refractivity contribution in [2.45, 2.75) is 63.8 Å². The lowest BCUT2D eigenvalue weighted by Crippen LogP contribution is -2.45. The van der Waals surface area contributed by atoms with E-state index in [9.17, 15) is 4.79 Å². The molecule has 1 aliphatic carbocycles. The van der Waals surface area contributed by atoms with Gasteiger partial charge in [0, 0.05) is 19.4 Å². The van der Waals surface area contributed by atoms with Gasteiger partial charge in [-0.2, -0.15) is 0 Å². The molecule has 2 atom stereocenters. The van der Waals surface area contributed by atoms with Crippen LogP contribution in [0.2, 0.25) is 18.1 Å². The third-order valence-electron chi connectivity index (χ3n) is 5.60. The van der Waals surface area contributed by atoms with Crippen molar-refractivity contribution >= 4 is 14.2 Å². The second kappa shape index (κ2) is 6.98. The highest BCUT2D eigenvalue weighted by Gasteiger charge is 2.43. The first kappa shape index (κ1) is 19.2. The maximum atomic E-state index is 12.4. The van der Waals surface area contributed by atoms with Crippen LogP contribution < -0.4 is 0 Å².